The molecule has 2 aromatic heterocycles. The molecular weight excluding hydrogens is 525 g/mol. The Morgan fingerprint density at radius 1 is 1.00 bits per heavy atom. The Morgan fingerprint density at radius 3 is 2.46 bits per heavy atom. The van der Waals surface area contributed by atoms with E-state index in [0.29, 0.717) is 35.1 Å². The van der Waals surface area contributed by atoms with Gasteiger partial charge in [0.05, 0.1) is 33.4 Å². The molecule has 2 N–H and O–H groups in total. The number of halogens is 3. The fraction of sp³-hybridized carbons (Fsp3) is 0.400. The number of carbonyl (C=O) groups is 1. The SMILES string of the molecule is O=C(O)c1ccc2c(c1)nc(Nc1nc3ccc(OCCCCCCCCCC(F)(F)F)cc3s1)n2S. The van der Waals surface area contributed by atoms with E-state index >= 15 is 0 Å². The first-order valence-corrected chi connectivity index (χ1v) is 13.2. The third-order valence-corrected chi connectivity index (χ3v) is 7.17. The number of nitrogens with zero attached hydrogens (tertiary/aromatic N) is 3. The average molecular weight is 553 g/mol. The molecule has 198 valence electrons. The summed E-state index contributed by atoms with van der Waals surface area (Å²) in [5, 5.41) is 13.0. The summed E-state index contributed by atoms with van der Waals surface area (Å²) in [5.74, 6) is 0.155. The van der Waals surface area contributed by atoms with Crippen LogP contribution in [0.3, 0.4) is 0 Å². The Kier molecular flexibility index (Phi) is 8.80. The third kappa shape index (κ3) is 7.51. The number of carboxylic acid groups (broad SMARTS) is 1. The Hall–Kier alpha value is -2.99. The number of thiazole rings is 1. The Bertz CT molecular complexity index is 1370. The van der Waals surface area contributed by atoms with E-state index in [1.807, 2.05) is 18.2 Å². The minimum absolute atomic E-state index is 0.151. The molecule has 0 amide bonds. The number of carboxylic acids is 1. The molecule has 4 rings (SSSR count). The van der Waals surface area contributed by atoms with E-state index in [9.17, 15) is 23.1 Å². The predicted octanol–water partition coefficient (Wildman–Crippen LogP) is 7.84. The van der Waals surface area contributed by atoms with Crippen molar-refractivity contribution in [2.45, 2.75) is 57.5 Å². The zero-order valence-corrected chi connectivity index (χ0v) is 21.6. The second kappa shape index (κ2) is 12.0. The van der Waals surface area contributed by atoms with Crippen LogP contribution in [0, 0.1) is 0 Å². The van der Waals surface area contributed by atoms with Gasteiger partial charge in [-0.25, -0.2) is 14.8 Å². The Balaban J connectivity index is 1.24. The summed E-state index contributed by atoms with van der Waals surface area (Å²) in [6.45, 7) is 0.575. The van der Waals surface area contributed by atoms with Crippen molar-refractivity contribution < 1.29 is 27.8 Å². The van der Waals surface area contributed by atoms with Crippen LogP contribution >= 0.6 is 24.2 Å². The lowest BCUT2D eigenvalue weighted by atomic mass is 10.1. The maximum Gasteiger partial charge on any atom is 0.389 e. The van der Waals surface area contributed by atoms with E-state index in [1.165, 1.54) is 23.5 Å². The number of rotatable bonds is 13. The molecule has 0 bridgehead atoms. The van der Waals surface area contributed by atoms with Crippen molar-refractivity contribution in [1.29, 1.82) is 0 Å². The van der Waals surface area contributed by atoms with Gasteiger partial charge >= 0.3 is 12.1 Å². The molecule has 0 aliphatic heterocycles. The summed E-state index contributed by atoms with van der Waals surface area (Å²) < 4.78 is 44.7. The van der Waals surface area contributed by atoms with Gasteiger partial charge in [-0.05, 0) is 49.2 Å². The molecule has 0 aliphatic rings. The highest BCUT2D eigenvalue weighted by molar-refractivity contribution is 7.79. The molecule has 0 fully saturated rings. The fourth-order valence-electron chi connectivity index (χ4n) is 3.93. The van der Waals surface area contributed by atoms with Crippen molar-refractivity contribution in [3.8, 4) is 5.75 Å². The second-order valence-electron chi connectivity index (χ2n) is 8.72. The number of hydrogen-bond acceptors (Lipinski definition) is 7. The number of thiol groups is 1. The molecule has 0 spiro atoms. The first-order valence-electron chi connectivity index (χ1n) is 12.0. The third-order valence-electron chi connectivity index (χ3n) is 5.83. The zero-order valence-electron chi connectivity index (χ0n) is 19.9. The number of anilines is 2. The fourth-order valence-corrected chi connectivity index (χ4v) is 5.08. The summed E-state index contributed by atoms with van der Waals surface area (Å²) in [6, 6.07) is 10.3. The molecular formula is C25H27F3N4O3S2. The van der Waals surface area contributed by atoms with E-state index in [4.69, 9.17) is 4.74 Å². The second-order valence-corrected chi connectivity index (χ2v) is 10.1. The maximum absolute atomic E-state index is 12.1. The minimum atomic E-state index is -4.04. The topological polar surface area (TPSA) is 89.3 Å². The van der Waals surface area contributed by atoms with Crippen molar-refractivity contribution >= 4 is 62.5 Å². The van der Waals surface area contributed by atoms with Crippen LogP contribution in [0.15, 0.2) is 36.4 Å². The number of unbranched alkanes of at least 4 members (excludes halogenated alkanes) is 6. The molecule has 0 radical (unpaired) electrons. The van der Waals surface area contributed by atoms with Crippen molar-refractivity contribution in [2.24, 2.45) is 0 Å². The van der Waals surface area contributed by atoms with Gasteiger partial charge in [0.1, 0.15) is 5.75 Å². The van der Waals surface area contributed by atoms with Crippen LogP contribution in [0.2, 0.25) is 0 Å². The molecule has 12 heteroatoms. The molecule has 0 saturated carbocycles. The molecule has 7 nitrogen and oxygen atoms in total. The van der Waals surface area contributed by atoms with Gasteiger partial charge in [-0.3, -0.25) is 3.97 Å². The van der Waals surface area contributed by atoms with Gasteiger partial charge < -0.3 is 15.2 Å². The van der Waals surface area contributed by atoms with E-state index in [0.717, 1.165) is 48.1 Å². The molecule has 0 aliphatic carbocycles. The molecule has 2 aromatic carbocycles. The Morgan fingerprint density at radius 2 is 1.73 bits per heavy atom. The van der Waals surface area contributed by atoms with E-state index in [-0.39, 0.29) is 12.0 Å². The summed E-state index contributed by atoms with van der Waals surface area (Å²) >= 11 is 5.90. The van der Waals surface area contributed by atoms with Crippen LogP contribution in [-0.2, 0) is 0 Å². The van der Waals surface area contributed by atoms with Crippen LogP contribution in [0.1, 0.15) is 61.7 Å². The number of imidazole rings is 1. The number of nitrogens with one attached hydrogen (secondary N) is 1. The standard InChI is InChI=1S/C25H27F3N4O3S2/c26-25(27,28)12-6-4-2-1-3-5-7-13-35-17-9-10-18-21(15-17)37-24(30-18)31-23-29-19-14-16(22(33)34)8-11-20(19)32(23)36/h8-11,14-15,36H,1-7,12-13H2,(H,33,34)(H,29,30,31). The average Bonchev–Trinajstić information content (AvgIpc) is 3.38. The van der Waals surface area contributed by atoms with E-state index in [2.05, 4.69) is 28.1 Å². The number of alkyl halides is 3. The first-order chi connectivity index (χ1) is 17.7. The number of aromatic carboxylic acids is 1. The summed E-state index contributed by atoms with van der Waals surface area (Å²) in [4.78, 5) is 20.2. The number of aromatic nitrogens is 3. The van der Waals surface area contributed by atoms with Gasteiger partial charge in [-0.15, -0.1) is 0 Å². The highest BCUT2D eigenvalue weighted by Gasteiger charge is 2.25. The van der Waals surface area contributed by atoms with Crippen LogP contribution < -0.4 is 10.1 Å². The largest absolute Gasteiger partial charge is 0.494 e. The molecule has 2 heterocycles. The predicted molar refractivity (Wildman–Crippen MR) is 142 cm³/mol. The van der Waals surface area contributed by atoms with Crippen LogP contribution in [0.25, 0.3) is 21.3 Å². The number of benzene rings is 2. The lowest BCUT2D eigenvalue weighted by Crippen LogP contribution is -2.06. The van der Waals surface area contributed by atoms with Gasteiger partial charge in [0.15, 0.2) is 5.13 Å². The van der Waals surface area contributed by atoms with Crippen LogP contribution in [0.5, 0.6) is 5.75 Å². The summed E-state index contributed by atoms with van der Waals surface area (Å²) in [7, 11) is 0. The molecule has 4 aromatic rings. The van der Waals surface area contributed by atoms with Gasteiger partial charge in [-0.2, -0.15) is 13.2 Å². The van der Waals surface area contributed by atoms with Gasteiger partial charge in [0.2, 0.25) is 5.95 Å². The normalized spacial score (nSPS) is 11.9. The van der Waals surface area contributed by atoms with Crippen LogP contribution in [0.4, 0.5) is 24.3 Å². The van der Waals surface area contributed by atoms with Crippen molar-refractivity contribution in [2.75, 3.05) is 11.9 Å². The highest BCUT2D eigenvalue weighted by Crippen LogP contribution is 2.32. The quantitative estimate of drug-likeness (QED) is 0.116. The monoisotopic (exact) mass is 552 g/mol. The number of fused-ring (bicyclic) bond motifs is 2. The molecule has 0 atom stereocenters. The lowest BCUT2D eigenvalue weighted by molar-refractivity contribution is -0.135. The number of hydrogen-bond donors (Lipinski definition) is 3. The van der Waals surface area contributed by atoms with Crippen molar-refractivity contribution in [1.82, 2.24) is 13.9 Å². The van der Waals surface area contributed by atoms with E-state index in [1.54, 1.807) is 10.0 Å². The van der Waals surface area contributed by atoms with Gasteiger partial charge in [-0.1, -0.05) is 56.3 Å². The first kappa shape index (κ1) is 27.1. The van der Waals surface area contributed by atoms with Gasteiger partial charge in [0.25, 0.3) is 0 Å². The lowest BCUT2D eigenvalue weighted by Gasteiger charge is -2.07. The van der Waals surface area contributed by atoms with Gasteiger partial charge in [0, 0.05) is 6.42 Å². The number of ether oxygens (including phenoxy) is 1. The highest BCUT2D eigenvalue weighted by atomic mass is 32.1. The maximum atomic E-state index is 12.1. The van der Waals surface area contributed by atoms with Crippen molar-refractivity contribution in [3.05, 3.63) is 42.0 Å². The summed E-state index contributed by atoms with van der Waals surface area (Å²) in [5.41, 5.74) is 2.14. The van der Waals surface area contributed by atoms with Crippen LogP contribution in [-0.4, -0.2) is 37.8 Å². The Labute approximate surface area is 221 Å². The van der Waals surface area contributed by atoms with E-state index < -0.39 is 18.6 Å². The molecule has 0 saturated heterocycles. The zero-order chi connectivity index (χ0) is 26.4. The smallest absolute Gasteiger partial charge is 0.389 e. The summed E-state index contributed by atoms with van der Waals surface area (Å²) in [6.07, 6.45) is 0.750. The minimum Gasteiger partial charge on any atom is -0.494 e. The molecule has 37 heavy (non-hydrogen) atoms. The molecule has 0 unspecified atom stereocenters. The van der Waals surface area contributed by atoms with Crippen molar-refractivity contribution in [3.63, 3.8) is 0 Å².